The maximum atomic E-state index is 12.6. The number of thiophene rings is 1. The lowest BCUT2D eigenvalue weighted by Gasteiger charge is -2.16. The van der Waals surface area contributed by atoms with E-state index in [-0.39, 0.29) is 24.3 Å². The molecule has 1 atom stereocenters. The summed E-state index contributed by atoms with van der Waals surface area (Å²) in [6, 6.07) is 10.0. The first-order chi connectivity index (χ1) is 15.4. The van der Waals surface area contributed by atoms with E-state index in [1.54, 1.807) is 24.3 Å². The summed E-state index contributed by atoms with van der Waals surface area (Å²) in [4.78, 5) is 49.5. The summed E-state index contributed by atoms with van der Waals surface area (Å²) in [6.45, 7) is 0.883. The van der Waals surface area contributed by atoms with Crippen LogP contribution in [0.15, 0.2) is 41.8 Å². The lowest BCUT2D eigenvalue weighted by Crippen LogP contribution is -2.33. The molecule has 1 unspecified atom stereocenters. The summed E-state index contributed by atoms with van der Waals surface area (Å²) in [6.07, 6.45) is 4.03. The van der Waals surface area contributed by atoms with Crippen LogP contribution in [-0.2, 0) is 19.1 Å². The van der Waals surface area contributed by atoms with Crippen LogP contribution in [0.4, 0.5) is 5.69 Å². The Labute approximate surface area is 190 Å². The average Bonchev–Trinajstić information content (AvgIpc) is 3.46. The van der Waals surface area contributed by atoms with Gasteiger partial charge < -0.3 is 20.7 Å². The lowest BCUT2D eigenvalue weighted by molar-refractivity contribution is -0.147. The van der Waals surface area contributed by atoms with E-state index in [1.165, 1.54) is 18.3 Å². The van der Waals surface area contributed by atoms with E-state index < -0.39 is 24.5 Å². The van der Waals surface area contributed by atoms with Gasteiger partial charge in [-0.2, -0.15) is 0 Å². The van der Waals surface area contributed by atoms with Crippen LogP contribution < -0.4 is 16.0 Å². The smallest absolute Gasteiger partial charge is 0.308 e. The highest BCUT2D eigenvalue weighted by atomic mass is 32.1. The van der Waals surface area contributed by atoms with Crippen molar-refractivity contribution in [3.05, 3.63) is 52.2 Å². The number of carbonyl (C=O) groups excluding carboxylic acids is 4. The van der Waals surface area contributed by atoms with Gasteiger partial charge in [0.1, 0.15) is 0 Å². The number of para-hydroxylation sites is 1. The van der Waals surface area contributed by atoms with Gasteiger partial charge in [0.2, 0.25) is 5.91 Å². The van der Waals surface area contributed by atoms with Crippen molar-refractivity contribution in [2.45, 2.75) is 51.1 Å². The van der Waals surface area contributed by atoms with E-state index in [0.29, 0.717) is 11.3 Å². The fourth-order valence-electron chi connectivity index (χ4n) is 3.64. The highest BCUT2D eigenvalue weighted by molar-refractivity contribution is 7.10. The predicted molar refractivity (Wildman–Crippen MR) is 121 cm³/mol. The molecular weight excluding hydrogens is 430 g/mol. The molecule has 1 aromatic carbocycles. The van der Waals surface area contributed by atoms with Crippen molar-refractivity contribution < 1.29 is 23.9 Å². The third-order valence-electron chi connectivity index (χ3n) is 5.14. The third-order valence-corrected chi connectivity index (χ3v) is 6.12. The molecule has 3 N–H and O–H groups in total. The molecule has 2 aromatic rings. The topological polar surface area (TPSA) is 114 Å². The minimum Gasteiger partial charge on any atom is -0.455 e. The fourth-order valence-corrected chi connectivity index (χ4v) is 4.42. The first-order valence-corrected chi connectivity index (χ1v) is 11.5. The second kappa shape index (κ2) is 11.4. The van der Waals surface area contributed by atoms with Crippen LogP contribution in [0.3, 0.4) is 0 Å². The Morgan fingerprint density at radius 2 is 1.84 bits per heavy atom. The first kappa shape index (κ1) is 23.5. The molecule has 32 heavy (non-hydrogen) atoms. The van der Waals surface area contributed by atoms with Gasteiger partial charge in [0.05, 0.1) is 23.7 Å². The minimum atomic E-state index is -0.612. The van der Waals surface area contributed by atoms with Crippen LogP contribution in [-0.4, -0.2) is 36.3 Å². The molecule has 0 bridgehead atoms. The largest absolute Gasteiger partial charge is 0.455 e. The quantitative estimate of drug-likeness (QED) is 0.501. The number of carbonyl (C=O) groups is 4. The predicted octanol–water partition coefficient (Wildman–Crippen LogP) is 3.17. The van der Waals surface area contributed by atoms with E-state index in [9.17, 15) is 19.2 Å². The van der Waals surface area contributed by atoms with Crippen molar-refractivity contribution in [1.82, 2.24) is 10.6 Å². The zero-order chi connectivity index (χ0) is 22.9. The molecular formula is C23H27N3O5S. The second-order valence-corrected chi connectivity index (χ2v) is 8.66. The summed E-state index contributed by atoms with van der Waals surface area (Å²) < 4.78 is 5.10. The average molecular weight is 458 g/mol. The molecule has 0 radical (unpaired) electrons. The molecule has 3 amide bonds. The van der Waals surface area contributed by atoms with Crippen LogP contribution in [0.5, 0.6) is 0 Å². The molecule has 1 aromatic heterocycles. The van der Waals surface area contributed by atoms with E-state index in [1.807, 2.05) is 17.5 Å². The molecule has 8 nitrogen and oxygen atoms in total. The maximum absolute atomic E-state index is 12.6. The number of amides is 3. The van der Waals surface area contributed by atoms with Gasteiger partial charge in [-0.3, -0.25) is 19.2 Å². The van der Waals surface area contributed by atoms with Gasteiger partial charge in [-0.1, -0.05) is 31.0 Å². The van der Waals surface area contributed by atoms with Crippen molar-refractivity contribution >= 4 is 40.7 Å². The molecule has 1 heterocycles. The normalized spacial score (nSPS) is 14.4. The summed E-state index contributed by atoms with van der Waals surface area (Å²) in [5, 5.41) is 10.2. The number of rotatable bonds is 9. The number of hydrogen-bond acceptors (Lipinski definition) is 6. The van der Waals surface area contributed by atoms with Gasteiger partial charge in [0.15, 0.2) is 6.61 Å². The monoisotopic (exact) mass is 457 g/mol. The van der Waals surface area contributed by atoms with Crippen molar-refractivity contribution in [3.63, 3.8) is 0 Å². The molecule has 9 heteroatoms. The number of nitrogens with one attached hydrogen (secondary N) is 3. The van der Waals surface area contributed by atoms with Gasteiger partial charge in [-0.15, -0.1) is 11.3 Å². The standard InChI is InChI=1S/C23H27N3O5S/c1-15(27)24-19(20-11-6-12-32-20)13-22(29)31-14-21(28)26-18-10-5-4-9-17(18)23(30)25-16-7-2-3-8-16/h4-6,9-12,16,19H,2-3,7-8,13-14H2,1H3,(H,24,27)(H,25,30)(H,26,28). The minimum absolute atomic E-state index is 0.0895. The molecule has 3 rings (SSSR count). The number of ether oxygens (including phenoxy) is 1. The zero-order valence-corrected chi connectivity index (χ0v) is 18.7. The SMILES string of the molecule is CC(=O)NC(CC(=O)OCC(=O)Nc1ccccc1C(=O)NC1CCCC1)c1cccs1. The van der Waals surface area contributed by atoms with Gasteiger partial charge >= 0.3 is 5.97 Å². The molecule has 1 aliphatic rings. The van der Waals surface area contributed by atoms with Gasteiger partial charge in [0.25, 0.3) is 11.8 Å². The third kappa shape index (κ3) is 6.91. The van der Waals surface area contributed by atoms with Crippen molar-refractivity contribution in [1.29, 1.82) is 0 Å². The Balaban J connectivity index is 1.52. The van der Waals surface area contributed by atoms with Crippen LogP contribution in [0.2, 0.25) is 0 Å². The van der Waals surface area contributed by atoms with Crippen molar-refractivity contribution in [2.24, 2.45) is 0 Å². The summed E-state index contributed by atoms with van der Waals surface area (Å²) in [5.74, 6) is -1.66. The van der Waals surface area contributed by atoms with E-state index in [2.05, 4.69) is 16.0 Å². The number of hydrogen-bond donors (Lipinski definition) is 3. The second-order valence-electron chi connectivity index (χ2n) is 7.68. The molecule has 0 saturated heterocycles. The van der Waals surface area contributed by atoms with Crippen molar-refractivity contribution in [2.75, 3.05) is 11.9 Å². The van der Waals surface area contributed by atoms with Crippen molar-refractivity contribution in [3.8, 4) is 0 Å². The molecule has 1 saturated carbocycles. The number of benzene rings is 1. The Morgan fingerprint density at radius 3 is 2.53 bits per heavy atom. The summed E-state index contributed by atoms with van der Waals surface area (Å²) >= 11 is 1.42. The molecule has 1 fully saturated rings. The highest BCUT2D eigenvalue weighted by Crippen LogP contribution is 2.23. The van der Waals surface area contributed by atoms with Gasteiger partial charge in [-0.05, 0) is 36.4 Å². The Kier molecular flexibility index (Phi) is 8.38. The first-order valence-electron chi connectivity index (χ1n) is 10.6. The molecule has 0 spiro atoms. The van der Waals surface area contributed by atoms with Crippen LogP contribution in [0.25, 0.3) is 0 Å². The Hall–Kier alpha value is -3.20. The molecule has 170 valence electrons. The maximum Gasteiger partial charge on any atom is 0.308 e. The van der Waals surface area contributed by atoms with Crippen LogP contribution in [0, 0.1) is 0 Å². The summed E-state index contributed by atoms with van der Waals surface area (Å²) in [7, 11) is 0. The van der Waals surface area contributed by atoms with Gasteiger partial charge in [-0.25, -0.2) is 0 Å². The lowest BCUT2D eigenvalue weighted by atomic mass is 10.1. The summed E-state index contributed by atoms with van der Waals surface area (Å²) in [5.41, 5.74) is 0.723. The molecule has 1 aliphatic carbocycles. The van der Waals surface area contributed by atoms with Crippen LogP contribution >= 0.6 is 11.3 Å². The van der Waals surface area contributed by atoms with Crippen LogP contribution in [0.1, 0.15) is 60.3 Å². The number of anilines is 1. The van der Waals surface area contributed by atoms with E-state index in [0.717, 1.165) is 30.6 Å². The van der Waals surface area contributed by atoms with E-state index in [4.69, 9.17) is 4.74 Å². The molecule has 0 aliphatic heterocycles. The zero-order valence-electron chi connectivity index (χ0n) is 17.9. The van der Waals surface area contributed by atoms with E-state index >= 15 is 0 Å². The Morgan fingerprint density at radius 1 is 1.09 bits per heavy atom. The van der Waals surface area contributed by atoms with Gasteiger partial charge in [0, 0.05) is 17.8 Å². The highest BCUT2D eigenvalue weighted by Gasteiger charge is 2.22. The number of esters is 1. The Bertz CT molecular complexity index is 954. The fraction of sp³-hybridized carbons (Fsp3) is 0.391.